The lowest BCUT2D eigenvalue weighted by molar-refractivity contribution is -0.131. The number of likely N-dealkylation sites (N-methyl/N-ethyl adjacent to an activating group) is 1. The minimum absolute atomic E-state index is 0.102. The Labute approximate surface area is 188 Å². The van der Waals surface area contributed by atoms with E-state index >= 15 is 0 Å². The highest BCUT2D eigenvalue weighted by molar-refractivity contribution is 5.93. The molecule has 0 aliphatic carbocycles. The molecule has 1 saturated heterocycles. The van der Waals surface area contributed by atoms with Crippen LogP contribution in [0.4, 0.5) is 10.5 Å². The van der Waals surface area contributed by atoms with Gasteiger partial charge in [-0.2, -0.15) is 0 Å². The number of rotatable bonds is 6. The first-order valence-electron chi connectivity index (χ1n) is 11.2. The number of carbonyl (C=O) groups is 2. The highest BCUT2D eigenvalue weighted by Gasteiger charge is 2.25. The van der Waals surface area contributed by atoms with Crippen LogP contribution in [-0.2, 0) is 16.1 Å². The Bertz CT molecular complexity index is 1080. The molecule has 1 aromatic heterocycles. The molecule has 3 amide bonds. The zero-order chi connectivity index (χ0) is 22.5. The van der Waals surface area contributed by atoms with Gasteiger partial charge >= 0.3 is 6.03 Å². The normalized spacial score (nSPS) is 16.2. The molecule has 7 nitrogen and oxygen atoms in total. The molecular formula is C25H30N4O3. The molecule has 0 bridgehead atoms. The van der Waals surface area contributed by atoms with E-state index in [0.717, 1.165) is 22.2 Å². The summed E-state index contributed by atoms with van der Waals surface area (Å²) in [5, 5.41) is 3.99. The molecule has 3 aromatic rings. The van der Waals surface area contributed by atoms with E-state index in [1.165, 1.54) is 0 Å². The Morgan fingerprint density at radius 1 is 1.09 bits per heavy atom. The number of nitrogens with one attached hydrogen (secondary N) is 1. The van der Waals surface area contributed by atoms with Crippen LogP contribution in [0.2, 0.25) is 0 Å². The third-order valence-electron chi connectivity index (χ3n) is 5.97. The lowest BCUT2D eigenvalue weighted by Crippen LogP contribution is -2.44. The zero-order valence-electron chi connectivity index (χ0n) is 18.7. The van der Waals surface area contributed by atoms with Crippen molar-refractivity contribution in [1.82, 2.24) is 14.4 Å². The number of amides is 3. The Hall–Kier alpha value is -3.32. The fourth-order valence-electron chi connectivity index (χ4n) is 4.14. The number of anilines is 1. The van der Waals surface area contributed by atoms with Crippen molar-refractivity contribution >= 4 is 28.5 Å². The maximum Gasteiger partial charge on any atom is 0.322 e. The van der Waals surface area contributed by atoms with Gasteiger partial charge in [0.05, 0.1) is 13.2 Å². The summed E-state index contributed by atoms with van der Waals surface area (Å²) in [7, 11) is 0. The first kappa shape index (κ1) is 21.9. The number of hydrogen-bond donors (Lipinski definition) is 1. The van der Waals surface area contributed by atoms with Crippen molar-refractivity contribution in [2.24, 2.45) is 0 Å². The Kier molecular flexibility index (Phi) is 6.75. The van der Waals surface area contributed by atoms with Crippen molar-refractivity contribution in [3.63, 3.8) is 0 Å². The van der Waals surface area contributed by atoms with Gasteiger partial charge in [0.25, 0.3) is 0 Å². The topological polar surface area (TPSA) is 66.8 Å². The molecule has 0 radical (unpaired) electrons. The Morgan fingerprint density at radius 3 is 2.62 bits per heavy atom. The van der Waals surface area contributed by atoms with Crippen molar-refractivity contribution in [3.8, 4) is 0 Å². The van der Waals surface area contributed by atoms with E-state index < -0.39 is 0 Å². The minimum Gasteiger partial charge on any atom is -0.370 e. The average Bonchev–Trinajstić information content (AvgIpc) is 3.22. The summed E-state index contributed by atoms with van der Waals surface area (Å²) < 4.78 is 7.82. The van der Waals surface area contributed by atoms with E-state index in [0.29, 0.717) is 39.3 Å². The second-order valence-corrected chi connectivity index (χ2v) is 7.93. The standard InChI is InChI=1S/C25H30N4O3/c1-3-27(4-2)24(30)18-28-13-12-20-16-21(10-11-22(20)28)26-25(31)29-14-15-32-23(17-29)19-8-6-5-7-9-19/h5-13,16,23H,3-4,14-15,17-18H2,1-2H3,(H,26,31). The molecule has 1 fully saturated rings. The van der Waals surface area contributed by atoms with Crippen LogP contribution >= 0.6 is 0 Å². The van der Waals surface area contributed by atoms with E-state index in [-0.39, 0.29) is 18.0 Å². The van der Waals surface area contributed by atoms with E-state index in [9.17, 15) is 9.59 Å². The monoisotopic (exact) mass is 434 g/mol. The van der Waals surface area contributed by atoms with E-state index in [4.69, 9.17) is 4.74 Å². The molecule has 2 aromatic carbocycles. The fraction of sp³-hybridized carbons (Fsp3) is 0.360. The molecular weight excluding hydrogens is 404 g/mol. The lowest BCUT2D eigenvalue weighted by Gasteiger charge is -2.33. The molecule has 1 atom stereocenters. The van der Waals surface area contributed by atoms with Crippen molar-refractivity contribution in [1.29, 1.82) is 0 Å². The molecule has 1 aliphatic heterocycles. The summed E-state index contributed by atoms with van der Waals surface area (Å²) in [6, 6.07) is 17.6. The van der Waals surface area contributed by atoms with Gasteiger partial charge in [0, 0.05) is 42.4 Å². The molecule has 168 valence electrons. The van der Waals surface area contributed by atoms with Crippen LogP contribution in [-0.4, -0.2) is 59.1 Å². The summed E-state index contributed by atoms with van der Waals surface area (Å²) in [4.78, 5) is 29.0. The summed E-state index contributed by atoms with van der Waals surface area (Å²) in [6.45, 7) is 7.28. The third kappa shape index (κ3) is 4.78. The first-order chi connectivity index (χ1) is 15.6. The van der Waals surface area contributed by atoms with E-state index in [2.05, 4.69) is 5.32 Å². The number of benzene rings is 2. The van der Waals surface area contributed by atoms with Crippen molar-refractivity contribution in [2.75, 3.05) is 38.1 Å². The predicted molar refractivity (Wildman–Crippen MR) is 126 cm³/mol. The number of ether oxygens (including phenoxy) is 1. The number of carbonyl (C=O) groups excluding carboxylic acids is 2. The Balaban J connectivity index is 1.42. The summed E-state index contributed by atoms with van der Waals surface area (Å²) >= 11 is 0. The van der Waals surface area contributed by atoms with Gasteiger partial charge in [-0.1, -0.05) is 30.3 Å². The highest BCUT2D eigenvalue weighted by atomic mass is 16.5. The largest absolute Gasteiger partial charge is 0.370 e. The molecule has 1 N–H and O–H groups in total. The number of fused-ring (bicyclic) bond motifs is 1. The van der Waals surface area contributed by atoms with Gasteiger partial charge in [-0.3, -0.25) is 4.79 Å². The van der Waals surface area contributed by atoms with Gasteiger partial charge < -0.3 is 24.4 Å². The summed E-state index contributed by atoms with van der Waals surface area (Å²) in [5.41, 5.74) is 2.78. The highest BCUT2D eigenvalue weighted by Crippen LogP contribution is 2.24. The van der Waals surface area contributed by atoms with Crippen molar-refractivity contribution in [2.45, 2.75) is 26.5 Å². The summed E-state index contributed by atoms with van der Waals surface area (Å²) in [6.07, 6.45) is 1.81. The molecule has 32 heavy (non-hydrogen) atoms. The van der Waals surface area contributed by atoms with Crippen LogP contribution in [0.3, 0.4) is 0 Å². The molecule has 4 rings (SSSR count). The Morgan fingerprint density at radius 2 is 1.88 bits per heavy atom. The van der Waals surface area contributed by atoms with Crippen LogP contribution < -0.4 is 5.32 Å². The van der Waals surface area contributed by atoms with Gasteiger partial charge in [-0.25, -0.2) is 4.79 Å². The van der Waals surface area contributed by atoms with E-state index in [1.54, 1.807) is 4.90 Å². The van der Waals surface area contributed by atoms with Crippen molar-refractivity contribution < 1.29 is 14.3 Å². The average molecular weight is 435 g/mol. The maximum atomic E-state index is 12.9. The van der Waals surface area contributed by atoms with Gasteiger partial charge in [0.15, 0.2) is 0 Å². The van der Waals surface area contributed by atoms with Crippen molar-refractivity contribution in [3.05, 3.63) is 66.4 Å². The lowest BCUT2D eigenvalue weighted by atomic mass is 10.1. The van der Waals surface area contributed by atoms with Gasteiger partial charge in [-0.15, -0.1) is 0 Å². The second-order valence-electron chi connectivity index (χ2n) is 7.93. The van der Waals surface area contributed by atoms with Crippen LogP contribution in [0.25, 0.3) is 10.9 Å². The minimum atomic E-state index is -0.135. The van der Waals surface area contributed by atoms with Crippen LogP contribution in [0.1, 0.15) is 25.5 Å². The first-order valence-corrected chi connectivity index (χ1v) is 11.2. The van der Waals surface area contributed by atoms with Crippen LogP contribution in [0.15, 0.2) is 60.8 Å². The summed E-state index contributed by atoms with van der Waals surface area (Å²) in [5.74, 6) is 0.102. The molecule has 0 saturated carbocycles. The van der Waals surface area contributed by atoms with Gasteiger partial charge in [-0.05, 0) is 43.7 Å². The van der Waals surface area contributed by atoms with Gasteiger partial charge in [0.2, 0.25) is 5.91 Å². The molecule has 1 unspecified atom stereocenters. The molecule has 7 heteroatoms. The van der Waals surface area contributed by atoms with Crippen LogP contribution in [0, 0.1) is 0 Å². The molecule has 1 aliphatic rings. The number of nitrogens with zero attached hydrogens (tertiary/aromatic N) is 3. The zero-order valence-corrected chi connectivity index (χ0v) is 18.7. The maximum absolute atomic E-state index is 12.9. The number of aromatic nitrogens is 1. The van der Waals surface area contributed by atoms with Crippen LogP contribution in [0.5, 0.6) is 0 Å². The smallest absolute Gasteiger partial charge is 0.322 e. The second kappa shape index (κ2) is 9.87. The quantitative estimate of drug-likeness (QED) is 0.635. The number of hydrogen-bond acceptors (Lipinski definition) is 3. The van der Waals surface area contributed by atoms with E-state index in [1.807, 2.05) is 84.1 Å². The molecule has 0 spiro atoms. The number of urea groups is 1. The molecule has 2 heterocycles. The van der Waals surface area contributed by atoms with Gasteiger partial charge in [0.1, 0.15) is 12.6 Å². The number of morpholine rings is 1. The predicted octanol–water partition coefficient (Wildman–Crippen LogP) is 4.12. The third-order valence-corrected chi connectivity index (χ3v) is 5.97. The fourth-order valence-corrected chi connectivity index (χ4v) is 4.14. The SMILES string of the molecule is CCN(CC)C(=O)Cn1ccc2cc(NC(=O)N3CCOC(c4ccccc4)C3)ccc21.